The number of hydrogen-bond donors (Lipinski definition) is 1. The highest BCUT2D eigenvalue weighted by Crippen LogP contribution is 2.16. The molecule has 0 aliphatic heterocycles. The van der Waals surface area contributed by atoms with Crippen molar-refractivity contribution in [2.75, 3.05) is 5.32 Å². The summed E-state index contributed by atoms with van der Waals surface area (Å²) < 4.78 is 5.34. The molecule has 1 aromatic heterocycles. The molecule has 1 N–H and O–H groups in total. The highest BCUT2D eigenvalue weighted by Gasteiger charge is 2.12. The number of anilines is 1. The van der Waals surface area contributed by atoms with E-state index in [1.807, 2.05) is 62.5 Å². The van der Waals surface area contributed by atoms with Gasteiger partial charge in [-0.2, -0.15) is 0 Å². The number of para-hydroxylation sites is 1. The molecule has 0 saturated heterocycles. The van der Waals surface area contributed by atoms with Gasteiger partial charge in [0.15, 0.2) is 0 Å². The van der Waals surface area contributed by atoms with Gasteiger partial charge in [-0.1, -0.05) is 24.3 Å². The normalized spacial score (nSPS) is 10.5. The van der Waals surface area contributed by atoms with Crippen LogP contribution in [0.15, 0.2) is 47.8 Å². The van der Waals surface area contributed by atoms with Crippen molar-refractivity contribution in [3.63, 3.8) is 0 Å². The fraction of sp³-hybridized carbons (Fsp3) is 0.227. The van der Waals surface area contributed by atoms with E-state index in [4.69, 9.17) is 4.74 Å². The van der Waals surface area contributed by atoms with Crippen molar-refractivity contribution in [3.05, 3.63) is 80.8 Å². The molecule has 2 aromatic carbocycles. The van der Waals surface area contributed by atoms with Crippen molar-refractivity contribution in [2.45, 2.75) is 33.8 Å². The summed E-state index contributed by atoms with van der Waals surface area (Å²) in [6.45, 7) is 5.99. The third kappa shape index (κ3) is 5.04. The smallest absolute Gasteiger partial charge is 0.338 e. The molecule has 0 saturated carbocycles. The molecule has 0 spiro atoms. The Morgan fingerprint density at radius 2 is 1.82 bits per heavy atom. The van der Waals surface area contributed by atoms with Crippen LogP contribution in [-0.4, -0.2) is 16.9 Å². The SMILES string of the molecule is Cc1ccc(C(=O)OCc2csc(CC(=O)Nc3ccccc3C)n2)cc1C. The molecule has 3 rings (SSSR count). The largest absolute Gasteiger partial charge is 0.456 e. The Bertz CT molecular complexity index is 1010. The Morgan fingerprint density at radius 3 is 2.57 bits per heavy atom. The van der Waals surface area contributed by atoms with Crippen molar-refractivity contribution < 1.29 is 14.3 Å². The van der Waals surface area contributed by atoms with Crippen molar-refractivity contribution in [1.29, 1.82) is 0 Å². The lowest BCUT2D eigenvalue weighted by atomic mass is 10.1. The third-order valence-corrected chi connectivity index (χ3v) is 5.32. The molecule has 144 valence electrons. The zero-order valence-electron chi connectivity index (χ0n) is 16.1. The number of nitrogens with zero attached hydrogens (tertiary/aromatic N) is 1. The number of esters is 1. The molecule has 0 unspecified atom stereocenters. The van der Waals surface area contributed by atoms with E-state index in [1.54, 1.807) is 6.07 Å². The maximum Gasteiger partial charge on any atom is 0.338 e. The summed E-state index contributed by atoms with van der Waals surface area (Å²) in [6.07, 6.45) is 0.185. The molecule has 0 aliphatic rings. The van der Waals surface area contributed by atoms with Crippen LogP contribution in [0.3, 0.4) is 0 Å². The zero-order chi connectivity index (χ0) is 20.1. The van der Waals surface area contributed by atoms with Crippen LogP contribution < -0.4 is 5.32 Å². The lowest BCUT2D eigenvalue weighted by Gasteiger charge is -2.07. The van der Waals surface area contributed by atoms with E-state index in [-0.39, 0.29) is 24.9 Å². The van der Waals surface area contributed by atoms with Crippen LogP contribution in [0.4, 0.5) is 5.69 Å². The van der Waals surface area contributed by atoms with E-state index in [9.17, 15) is 9.59 Å². The Morgan fingerprint density at radius 1 is 1.04 bits per heavy atom. The fourth-order valence-electron chi connectivity index (χ4n) is 2.63. The number of rotatable bonds is 6. The standard InChI is InChI=1S/C22H22N2O3S/c1-14-8-9-17(10-16(14)3)22(26)27-12-18-13-28-21(23-18)11-20(25)24-19-7-5-4-6-15(19)2/h4-10,13H,11-12H2,1-3H3,(H,24,25). The lowest BCUT2D eigenvalue weighted by molar-refractivity contribution is -0.115. The number of carbonyl (C=O) groups excluding carboxylic acids is 2. The van der Waals surface area contributed by atoms with Crippen LogP contribution >= 0.6 is 11.3 Å². The highest BCUT2D eigenvalue weighted by molar-refractivity contribution is 7.09. The summed E-state index contributed by atoms with van der Waals surface area (Å²) >= 11 is 1.38. The minimum atomic E-state index is -0.380. The lowest BCUT2D eigenvalue weighted by Crippen LogP contribution is -2.15. The number of carbonyl (C=O) groups is 2. The second-order valence-electron chi connectivity index (χ2n) is 6.65. The molecule has 0 fully saturated rings. The van der Waals surface area contributed by atoms with Gasteiger partial charge in [0.05, 0.1) is 17.7 Å². The molecule has 6 heteroatoms. The first-order valence-corrected chi connectivity index (χ1v) is 9.83. The maximum absolute atomic E-state index is 12.2. The predicted octanol–water partition coefficient (Wildman–Crippen LogP) is 4.61. The highest BCUT2D eigenvalue weighted by atomic mass is 32.1. The molecular weight excluding hydrogens is 372 g/mol. The number of hydrogen-bond acceptors (Lipinski definition) is 5. The molecule has 0 bridgehead atoms. The molecule has 0 aliphatic carbocycles. The first-order chi connectivity index (χ1) is 13.4. The maximum atomic E-state index is 12.2. The number of aromatic nitrogens is 1. The van der Waals surface area contributed by atoms with Crippen LogP contribution in [0.1, 0.15) is 37.7 Å². The van der Waals surface area contributed by atoms with E-state index in [0.29, 0.717) is 16.3 Å². The van der Waals surface area contributed by atoms with Crippen LogP contribution in [0.2, 0.25) is 0 Å². The first kappa shape index (κ1) is 19.8. The van der Waals surface area contributed by atoms with Crippen LogP contribution in [0.25, 0.3) is 0 Å². The molecule has 3 aromatic rings. The van der Waals surface area contributed by atoms with Crippen molar-refractivity contribution in [3.8, 4) is 0 Å². The molecular formula is C22H22N2O3S. The van der Waals surface area contributed by atoms with Crippen molar-refractivity contribution in [1.82, 2.24) is 4.98 Å². The molecule has 1 amide bonds. The average Bonchev–Trinajstić information content (AvgIpc) is 3.11. The Hall–Kier alpha value is -2.99. The van der Waals surface area contributed by atoms with Gasteiger partial charge in [-0.3, -0.25) is 4.79 Å². The van der Waals surface area contributed by atoms with E-state index >= 15 is 0 Å². The summed E-state index contributed by atoms with van der Waals surface area (Å²) in [7, 11) is 0. The van der Waals surface area contributed by atoms with Gasteiger partial charge in [0.2, 0.25) is 5.91 Å². The van der Waals surface area contributed by atoms with Gasteiger partial charge in [0.1, 0.15) is 11.6 Å². The summed E-state index contributed by atoms with van der Waals surface area (Å²) in [6, 6.07) is 13.1. The van der Waals surface area contributed by atoms with E-state index < -0.39 is 0 Å². The van der Waals surface area contributed by atoms with Gasteiger partial charge >= 0.3 is 5.97 Å². The van der Waals surface area contributed by atoms with Gasteiger partial charge in [0, 0.05) is 11.1 Å². The van der Waals surface area contributed by atoms with Crippen LogP contribution in [0.5, 0.6) is 0 Å². The molecule has 0 atom stereocenters. The van der Waals surface area contributed by atoms with Crippen molar-refractivity contribution >= 4 is 28.9 Å². The minimum Gasteiger partial charge on any atom is -0.456 e. The van der Waals surface area contributed by atoms with Gasteiger partial charge in [-0.15, -0.1) is 11.3 Å². The minimum absolute atomic E-state index is 0.0850. The Kier molecular flexibility index (Phi) is 6.21. The summed E-state index contributed by atoms with van der Waals surface area (Å²) in [5.74, 6) is -0.503. The van der Waals surface area contributed by atoms with Crippen molar-refractivity contribution in [2.24, 2.45) is 0 Å². The van der Waals surface area contributed by atoms with Crippen LogP contribution in [-0.2, 0) is 22.6 Å². The first-order valence-electron chi connectivity index (χ1n) is 8.95. The monoisotopic (exact) mass is 394 g/mol. The second-order valence-corrected chi connectivity index (χ2v) is 7.59. The molecule has 5 nitrogen and oxygen atoms in total. The number of aryl methyl sites for hydroxylation is 3. The topological polar surface area (TPSA) is 68.3 Å². The number of nitrogens with one attached hydrogen (secondary N) is 1. The Balaban J connectivity index is 1.53. The molecule has 0 radical (unpaired) electrons. The van der Waals surface area contributed by atoms with E-state index in [0.717, 1.165) is 22.4 Å². The van der Waals surface area contributed by atoms with Gasteiger partial charge in [0.25, 0.3) is 0 Å². The Labute approximate surface area is 168 Å². The molecule has 28 heavy (non-hydrogen) atoms. The summed E-state index contributed by atoms with van der Waals surface area (Å²) in [4.78, 5) is 28.8. The predicted molar refractivity (Wildman–Crippen MR) is 111 cm³/mol. The fourth-order valence-corrected chi connectivity index (χ4v) is 3.41. The third-order valence-electron chi connectivity index (χ3n) is 4.42. The second kappa shape index (κ2) is 8.80. The number of benzene rings is 2. The van der Waals surface area contributed by atoms with E-state index in [2.05, 4.69) is 10.3 Å². The van der Waals surface area contributed by atoms with Gasteiger partial charge < -0.3 is 10.1 Å². The zero-order valence-corrected chi connectivity index (χ0v) is 16.9. The number of ether oxygens (including phenoxy) is 1. The van der Waals surface area contributed by atoms with Crippen LogP contribution in [0, 0.1) is 20.8 Å². The van der Waals surface area contributed by atoms with Gasteiger partial charge in [-0.05, 0) is 55.7 Å². The van der Waals surface area contributed by atoms with Gasteiger partial charge in [-0.25, -0.2) is 9.78 Å². The summed E-state index contributed by atoms with van der Waals surface area (Å²) in [5, 5.41) is 5.39. The summed E-state index contributed by atoms with van der Waals surface area (Å²) in [5.41, 5.74) is 5.15. The quantitative estimate of drug-likeness (QED) is 0.620. The number of amides is 1. The average molecular weight is 394 g/mol. The number of thiazole rings is 1. The van der Waals surface area contributed by atoms with E-state index in [1.165, 1.54) is 11.3 Å². The molecule has 1 heterocycles.